The van der Waals surface area contributed by atoms with E-state index in [2.05, 4.69) is 48.5 Å². The van der Waals surface area contributed by atoms with E-state index in [4.69, 9.17) is 9.47 Å². The molecule has 0 aliphatic heterocycles. The van der Waals surface area contributed by atoms with Gasteiger partial charge in [0.05, 0.1) is 25.2 Å². The van der Waals surface area contributed by atoms with Crippen LogP contribution in [0.5, 0.6) is 0 Å². The number of benzene rings is 3. The summed E-state index contributed by atoms with van der Waals surface area (Å²) in [5.41, 5.74) is 3.67. The lowest BCUT2D eigenvalue weighted by Crippen LogP contribution is -2.13. The molecule has 0 unspecified atom stereocenters. The van der Waals surface area contributed by atoms with E-state index >= 15 is 0 Å². The van der Waals surface area contributed by atoms with Crippen molar-refractivity contribution in [1.29, 1.82) is 0 Å². The van der Waals surface area contributed by atoms with Gasteiger partial charge in [0.25, 0.3) is 0 Å². The van der Waals surface area contributed by atoms with Gasteiger partial charge in [0, 0.05) is 6.42 Å². The third-order valence-electron chi connectivity index (χ3n) is 5.39. The van der Waals surface area contributed by atoms with Crippen molar-refractivity contribution in [3.05, 3.63) is 120 Å². The van der Waals surface area contributed by atoms with E-state index in [1.807, 2.05) is 60.9 Å². The first-order chi connectivity index (χ1) is 15.9. The van der Waals surface area contributed by atoms with Gasteiger partial charge in [0.2, 0.25) is 0 Å². The zero-order chi connectivity index (χ0) is 22.1. The van der Waals surface area contributed by atoms with Crippen molar-refractivity contribution < 1.29 is 9.47 Å². The van der Waals surface area contributed by atoms with Gasteiger partial charge in [0.15, 0.2) is 0 Å². The van der Waals surface area contributed by atoms with Crippen molar-refractivity contribution in [1.82, 2.24) is 0 Å². The number of hydrogen-bond donors (Lipinski definition) is 0. The fourth-order valence-corrected chi connectivity index (χ4v) is 3.57. The van der Waals surface area contributed by atoms with Crippen molar-refractivity contribution in [2.45, 2.75) is 44.6 Å². The maximum atomic E-state index is 5.71. The minimum atomic E-state index is 0.457. The third-order valence-corrected chi connectivity index (χ3v) is 5.39. The Bertz CT molecular complexity index is 895. The van der Waals surface area contributed by atoms with Crippen molar-refractivity contribution in [2.24, 2.45) is 0 Å². The average molecular weight is 427 g/mol. The Morgan fingerprint density at radius 2 is 1.16 bits per heavy atom. The highest BCUT2D eigenvalue weighted by Gasteiger charge is 2.12. The molecule has 2 nitrogen and oxygen atoms in total. The molecule has 0 saturated heterocycles. The van der Waals surface area contributed by atoms with E-state index in [0.29, 0.717) is 12.7 Å². The maximum Gasteiger partial charge on any atom is 0.0978 e. The summed E-state index contributed by atoms with van der Waals surface area (Å²) in [7, 11) is 0. The Balaban J connectivity index is 0.000000182. The SMILES string of the molecule is C(=Cc1ccccc1)OC1CCCCC1.C(=Cc1ccccc1)OCCc1ccccc1. The topological polar surface area (TPSA) is 18.5 Å². The number of rotatable bonds is 8. The van der Waals surface area contributed by atoms with Crippen molar-refractivity contribution in [2.75, 3.05) is 6.61 Å². The first-order valence-corrected chi connectivity index (χ1v) is 11.6. The van der Waals surface area contributed by atoms with Crippen LogP contribution in [0.3, 0.4) is 0 Å². The van der Waals surface area contributed by atoms with Crippen LogP contribution in [0, 0.1) is 0 Å². The van der Waals surface area contributed by atoms with E-state index < -0.39 is 0 Å². The standard InChI is InChI=1S/C16H16O.C14H18O/c1-3-7-15(8-4-1)11-13-17-14-12-16-9-5-2-6-10-16;1-3-7-13(8-4-1)11-12-15-14-9-5-2-6-10-14/h1-11,13H,12,14H2;1,3-4,7-8,11-12,14H,2,5-6,9-10H2. The Kier molecular flexibility index (Phi) is 10.7. The Morgan fingerprint density at radius 3 is 1.75 bits per heavy atom. The molecule has 3 aromatic rings. The van der Waals surface area contributed by atoms with Crippen LogP contribution in [0.15, 0.2) is 104 Å². The summed E-state index contributed by atoms with van der Waals surface area (Å²) in [6, 6.07) is 30.8. The number of hydrogen-bond acceptors (Lipinski definition) is 2. The molecule has 1 aliphatic carbocycles. The Labute approximate surface area is 193 Å². The molecule has 0 bridgehead atoms. The summed E-state index contributed by atoms with van der Waals surface area (Å²) in [6.07, 6.45) is 15.5. The maximum absolute atomic E-state index is 5.71. The monoisotopic (exact) mass is 426 g/mol. The predicted octanol–water partition coefficient (Wildman–Crippen LogP) is 7.92. The highest BCUT2D eigenvalue weighted by molar-refractivity contribution is 5.48. The van der Waals surface area contributed by atoms with Crippen molar-refractivity contribution in [3.8, 4) is 0 Å². The summed E-state index contributed by atoms with van der Waals surface area (Å²) in [5.74, 6) is 0. The molecular weight excluding hydrogens is 392 g/mol. The summed E-state index contributed by atoms with van der Waals surface area (Å²) in [5, 5.41) is 0. The molecule has 1 aliphatic rings. The van der Waals surface area contributed by atoms with Crippen LogP contribution in [0.1, 0.15) is 48.8 Å². The minimum Gasteiger partial charge on any atom is -0.501 e. The molecule has 1 saturated carbocycles. The van der Waals surface area contributed by atoms with Gasteiger partial charge < -0.3 is 9.47 Å². The lowest BCUT2D eigenvalue weighted by Gasteiger charge is -2.20. The second-order valence-electron chi connectivity index (χ2n) is 7.93. The van der Waals surface area contributed by atoms with E-state index in [1.165, 1.54) is 43.2 Å². The highest BCUT2D eigenvalue weighted by atomic mass is 16.5. The lowest BCUT2D eigenvalue weighted by molar-refractivity contribution is 0.108. The van der Waals surface area contributed by atoms with Crippen LogP contribution in [0.2, 0.25) is 0 Å². The molecule has 3 aromatic carbocycles. The zero-order valence-corrected chi connectivity index (χ0v) is 18.8. The summed E-state index contributed by atoms with van der Waals surface area (Å²) in [6.45, 7) is 0.716. The average Bonchev–Trinajstić information content (AvgIpc) is 2.87. The van der Waals surface area contributed by atoms with E-state index in [9.17, 15) is 0 Å². The van der Waals surface area contributed by atoms with Crippen LogP contribution in [0.4, 0.5) is 0 Å². The van der Waals surface area contributed by atoms with Gasteiger partial charge in [-0.3, -0.25) is 0 Å². The third kappa shape index (κ3) is 9.70. The van der Waals surface area contributed by atoms with E-state index in [-0.39, 0.29) is 0 Å². The van der Waals surface area contributed by atoms with Gasteiger partial charge in [-0.15, -0.1) is 0 Å². The molecule has 0 atom stereocenters. The first kappa shape index (κ1) is 23.4. The molecule has 32 heavy (non-hydrogen) atoms. The van der Waals surface area contributed by atoms with Crippen molar-refractivity contribution in [3.63, 3.8) is 0 Å². The van der Waals surface area contributed by atoms with Crippen LogP contribution in [0.25, 0.3) is 12.2 Å². The molecule has 0 amide bonds. The largest absolute Gasteiger partial charge is 0.501 e. The van der Waals surface area contributed by atoms with E-state index in [1.54, 1.807) is 6.26 Å². The molecule has 166 valence electrons. The van der Waals surface area contributed by atoms with Gasteiger partial charge in [-0.25, -0.2) is 0 Å². The molecule has 0 aromatic heterocycles. The zero-order valence-electron chi connectivity index (χ0n) is 18.8. The second-order valence-corrected chi connectivity index (χ2v) is 7.93. The molecular formula is C30H34O2. The lowest BCUT2D eigenvalue weighted by atomic mass is 9.98. The van der Waals surface area contributed by atoms with Gasteiger partial charge in [-0.2, -0.15) is 0 Å². The fraction of sp³-hybridized carbons (Fsp3) is 0.267. The molecule has 0 spiro atoms. The van der Waals surface area contributed by atoms with Crippen molar-refractivity contribution >= 4 is 12.2 Å². The molecule has 0 radical (unpaired) electrons. The fourth-order valence-electron chi connectivity index (χ4n) is 3.57. The smallest absolute Gasteiger partial charge is 0.0978 e. The molecule has 4 rings (SSSR count). The minimum absolute atomic E-state index is 0.457. The molecule has 0 heterocycles. The van der Waals surface area contributed by atoms with Gasteiger partial charge in [0.1, 0.15) is 0 Å². The Morgan fingerprint density at radius 1 is 0.625 bits per heavy atom. The van der Waals surface area contributed by atoms with Gasteiger partial charge >= 0.3 is 0 Å². The predicted molar refractivity (Wildman–Crippen MR) is 135 cm³/mol. The summed E-state index contributed by atoms with van der Waals surface area (Å²) < 4.78 is 11.2. The number of ether oxygens (including phenoxy) is 2. The van der Waals surface area contributed by atoms with Crippen LogP contribution in [-0.4, -0.2) is 12.7 Å². The Hall–Kier alpha value is -3.26. The summed E-state index contributed by atoms with van der Waals surface area (Å²) >= 11 is 0. The quantitative estimate of drug-likeness (QED) is 0.269. The van der Waals surface area contributed by atoms with Crippen LogP contribution >= 0.6 is 0 Å². The van der Waals surface area contributed by atoms with Gasteiger partial charge in [-0.05, 0) is 54.5 Å². The molecule has 0 N–H and O–H groups in total. The molecule has 2 heteroatoms. The first-order valence-electron chi connectivity index (χ1n) is 11.6. The van der Waals surface area contributed by atoms with Crippen LogP contribution < -0.4 is 0 Å². The van der Waals surface area contributed by atoms with E-state index in [0.717, 1.165) is 12.0 Å². The van der Waals surface area contributed by atoms with Crippen LogP contribution in [-0.2, 0) is 15.9 Å². The second kappa shape index (κ2) is 14.7. The highest BCUT2D eigenvalue weighted by Crippen LogP contribution is 2.20. The van der Waals surface area contributed by atoms with Gasteiger partial charge in [-0.1, -0.05) is 97.4 Å². The molecule has 1 fully saturated rings. The normalized spacial score (nSPS) is 14.1. The summed E-state index contributed by atoms with van der Waals surface area (Å²) in [4.78, 5) is 0.